The molecule has 0 saturated heterocycles. The molecular weight excluding hydrogens is 394 g/mol. The molecule has 0 spiro atoms. The average molecular weight is 414 g/mol. The summed E-state index contributed by atoms with van der Waals surface area (Å²) in [6.07, 6.45) is 1.53. The van der Waals surface area contributed by atoms with Crippen LogP contribution in [0.15, 0.2) is 36.8 Å². The smallest absolute Gasteiger partial charge is 0.267 e. The maximum Gasteiger partial charge on any atom is 0.267 e. The lowest BCUT2D eigenvalue weighted by molar-refractivity contribution is -0.117. The van der Waals surface area contributed by atoms with Gasteiger partial charge in [0.25, 0.3) is 6.43 Å². The topological polar surface area (TPSA) is 94.0 Å². The number of halogens is 2. The SMILES string of the molecule is COc1c(Nc2cc(NC(=O)C3CC3)ncc2C(F)F)cccc1-c1ncn(C)n1. The Hall–Kier alpha value is -3.56. The molecule has 1 aromatic carbocycles. The van der Waals surface area contributed by atoms with Crippen LogP contribution in [0.4, 0.5) is 26.0 Å². The second-order valence-corrected chi connectivity index (χ2v) is 6.97. The highest BCUT2D eigenvalue weighted by molar-refractivity contribution is 5.93. The van der Waals surface area contributed by atoms with Crippen LogP contribution in [0.1, 0.15) is 24.8 Å². The Morgan fingerprint density at radius 3 is 2.70 bits per heavy atom. The number of carbonyl (C=O) groups is 1. The molecule has 156 valence electrons. The van der Waals surface area contributed by atoms with E-state index in [1.165, 1.54) is 13.2 Å². The number of methoxy groups -OCH3 is 1. The van der Waals surface area contributed by atoms with E-state index < -0.39 is 6.43 Å². The van der Waals surface area contributed by atoms with E-state index >= 15 is 0 Å². The molecule has 1 aliphatic rings. The summed E-state index contributed by atoms with van der Waals surface area (Å²) in [6, 6.07) is 6.62. The van der Waals surface area contributed by atoms with E-state index in [9.17, 15) is 13.6 Å². The number of anilines is 3. The standard InChI is InChI=1S/C20H20F2N6O2/c1-28-10-24-19(27-28)12-4-3-5-14(17(12)30-2)25-15-8-16(23-9-13(15)18(21)22)26-20(29)11-6-7-11/h3-5,8-11,18H,6-7H2,1-2H3,(H2,23,25,26,29). The molecule has 1 aliphatic carbocycles. The number of ether oxygens (including phenoxy) is 1. The van der Waals surface area contributed by atoms with Crippen LogP contribution in [0.3, 0.4) is 0 Å². The number of benzene rings is 1. The number of para-hydroxylation sites is 1. The van der Waals surface area contributed by atoms with E-state index in [1.54, 1.807) is 36.3 Å². The van der Waals surface area contributed by atoms with Crippen molar-refractivity contribution in [1.29, 1.82) is 0 Å². The van der Waals surface area contributed by atoms with Crippen molar-refractivity contribution in [1.82, 2.24) is 19.7 Å². The summed E-state index contributed by atoms with van der Waals surface area (Å²) in [4.78, 5) is 20.2. The van der Waals surface area contributed by atoms with E-state index in [2.05, 4.69) is 25.7 Å². The number of hydrogen-bond donors (Lipinski definition) is 2. The highest BCUT2D eigenvalue weighted by Gasteiger charge is 2.30. The van der Waals surface area contributed by atoms with Crippen LogP contribution in [0, 0.1) is 5.92 Å². The number of carbonyl (C=O) groups excluding carboxylic acids is 1. The Bertz CT molecular complexity index is 1080. The maximum absolute atomic E-state index is 13.6. The van der Waals surface area contributed by atoms with Crippen LogP contribution in [0.25, 0.3) is 11.4 Å². The van der Waals surface area contributed by atoms with E-state index in [0.29, 0.717) is 22.8 Å². The molecule has 2 N–H and O–H groups in total. The number of alkyl halides is 2. The van der Waals surface area contributed by atoms with Gasteiger partial charge in [-0.1, -0.05) is 6.07 Å². The van der Waals surface area contributed by atoms with Gasteiger partial charge in [0.05, 0.1) is 29.6 Å². The molecule has 0 radical (unpaired) electrons. The Morgan fingerprint density at radius 1 is 1.27 bits per heavy atom. The molecule has 8 nitrogen and oxygen atoms in total. The summed E-state index contributed by atoms with van der Waals surface area (Å²) in [5.41, 5.74) is 0.895. The zero-order chi connectivity index (χ0) is 21.3. The van der Waals surface area contributed by atoms with E-state index in [0.717, 1.165) is 19.0 Å². The van der Waals surface area contributed by atoms with Gasteiger partial charge in [-0.3, -0.25) is 9.48 Å². The van der Waals surface area contributed by atoms with Crippen molar-refractivity contribution in [3.8, 4) is 17.1 Å². The number of amides is 1. The van der Waals surface area contributed by atoms with Gasteiger partial charge in [0.15, 0.2) is 11.6 Å². The van der Waals surface area contributed by atoms with Crippen LogP contribution in [-0.2, 0) is 11.8 Å². The van der Waals surface area contributed by atoms with Crippen molar-refractivity contribution in [2.45, 2.75) is 19.3 Å². The molecule has 2 aromatic heterocycles. The second kappa shape index (κ2) is 8.05. The molecule has 0 atom stereocenters. The van der Waals surface area contributed by atoms with Crippen LogP contribution in [0.5, 0.6) is 5.75 Å². The normalized spacial score (nSPS) is 13.4. The van der Waals surface area contributed by atoms with Crippen molar-refractivity contribution in [2.24, 2.45) is 13.0 Å². The lowest BCUT2D eigenvalue weighted by atomic mass is 10.1. The summed E-state index contributed by atoms with van der Waals surface area (Å²) in [7, 11) is 3.23. The predicted molar refractivity (Wildman–Crippen MR) is 107 cm³/mol. The van der Waals surface area contributed by atoms with Gasteiger partial charge in [-0.15, -0.1) is 0 Å². The first-order valence-corrected chi connectivity index (χ1v) is 9.35. The van der Waals surface area contributed by atoms with Gasteiger partial charge in [-0.2, -0.15) is 5.10 Å². The number of aromatic nitrogens is 4. The largest absolute Gasteiger partial charge is 0.494 e. The third-order valence-corrected chi connectivity index (χ3v) is 4.70. The van der Waals surface area contributed by atoms with E-state index in [4.69, 9.17) is 4.74 Å². The fraction of sp³-hybridized carbons (Fsp3) is 0.300. The number of rotatable bonds is 7. The Balaban J connectivity index is 1.69. The number of pyridine rings is 1. The molecule has 3 aromatic rings. The Kier molecular flexibility index (Phi) is 5.30. The van der Waals surface area contributed by atoms with Gasteiger partial charge in [0.1, 0.15) is 12.1 Å². The van der Waals surface area contributed by atoms with E-state index in [1.807, 2.05) is 0 Å². The lowest BCUT2D eigenvalue weighted by Crippen LogP contribution is -2.14. The summed E-state index contributed by atoms with van der Waals surface area (Å²) >= 11 is 0. The summed E-state index contributed by atoms with van der Waals surface area (Å²) < 4.78 is 34.2. The van der Waals surface area contributed by atoms with Gasteiger partial charge in [-0.25, -0.2) is 18.7 Å². The number of nitrogens with zero attached hydrogens (tertiary/aromatic N) is 4. The van der Waals surface area contributed by atoms with Crippen molar-refractivity contribution < 1.29 is 18.3 Å². The highest BCUT2D eigenvalue weighted by atomic mass is 19.3. The van der Waals surface area contributed by atoms with Crippen molar-refractivity contribution >= 4 is 23.1 Å². The molecule has 30 heavy (non-hydrogen) atoms. The fourth-order valence-electron chi connectivity index (χ4n) is 3.03. The van der Waals surface area contributed by atoms with Gasteiger partial charge >= 0.3 is 0 Å². The Labute approximate surface area is 171 Å². The third-order valence-electron chi connectivity index (χ3n) is 4.70. The molecule has 1 fully saturated rings. The Morgan fingerprint density at radius 2 is 2.07 bits per heavy atom. The van der Waals surface area contributed by atoms with Crippen LogP contribution in [0.2, 0.25) is 0 Å². The molecule has 1 amide bonds. The quantitative estimate of drug-likeness (QED) is 0.609. The number of nitrogens with one attached hydrogen (secondary N) is 2. The number of hydrogen-bond acceptors (Lipinski definition) is 6. The minimum absolute atomic E-state index is 0.0272. The van der Waals surface area contributed by atoms with Crippen molar-refractivity contribution in [3.63, 3.8) is 0 Å². The molecule has 1 saturated carbocycles. The first kappa shape index (κ1) is 19.7. The minimum atomic E-state index is -2.75. The van der Waals surface area contributed by atoms with Crippen molar-refractivity contribution in [3.05, 3.63) is 42.4 Å². The van der Waals surface area contributed by atoms with Crippen LogP contribution in [-0.4, -0.2) is 32.8 Å². The summed E-state index contributed by atoms with van der Waals surface area (Å²) in [6.45, 7) is 0. The van der Waals surface area contributed by atoms with Crippen LogP contribution >= 0.6 is 0 Å². The zero-order valence-corrected chi connectivity index (χ0v) is 16.4. The molecule has 0 unspecified atom stereocenters. The minimum Gasteiger partial charge on any atom is -0.494 e. The first-order valence-electron chi connectivity index (χ1n) is 9.35. The van der Waals surface area contributed by atoms with Gasteiger partial charge in [-0.05, 0) is 25.0 Å². The van der Waals surface area contributed by atoms with Gasteiger partial charge in [0, 0.05) is 25.2 Å². The van der Waals surface area contributed by atoms with Crippen LogP contribution < -0.4 is 15.4 Å². The van der Waals surface area contributed by atoms with Crippen molar-refractivity contribution in [2.75, 3.05) is 17.7 Å². The average Bonchev–Trinajstić information content (AvgIpc) is 3.49. The molecule has 2 heterocycles. The second-order valence-electron chi connectivity index (χ2n) is 6.97. The number of aryl methyl sites for hydroxylation is 1. The summed E-state index contributed by atoms with van der Waals surface area (Å²) in [5, 5.41) is 9.94. The molecule has 10 heteroatoms. The fourth-order valence-corrected chi connectivity index (χ4v) is 3.03. The maximum atomic E-state index is 13.6. The molecular formula is C20H20F2N6O2. The first-order chi connectivity index (χ1) is 14.5. The summed E-state index contributed by atoms with van der Waals surface area (Å²) in [5.74, 6) is 0.878. The molecule has 4 rings (SSSR count). The molecule has 0 aliphatic heterocycles. The predicted octanol–water partition coefficient (Wildman–Crippen LogP) is 3.92. The zero-order valence-electron chi connectivity index (χ0n) is 16.4. The van der Waals surface area contributed by atoms with Gasteiger partial charge in [0.2, 0.25) is 5.91 Å². The third kappa shape index (κ3) is 4.07. The van der Waals surface area contributed by atoms with E-state index in [-0.39, 0.29) is 28.9 Å². The van der Waals surface area contributed by atoms with Gasteiger partial charge < -0.3 is 15.4 Å². The monoisotopic (exact) mass is 414 g/mol. The molecule has 0 bridgehead atoms. The lowest BCUT2D eigenvalue weighted by Gasteiger charge is -2.17. The highest BCUT2D eigenvalue weighted by Crippen LogP contribution is 2.39.